The van der Waals surface area contributed by atoms with Crippen LogP contribution in [0.2, 0.25) is 0 Å². The summed E-state index contributed by atoms with van der Waals surface area (Å²) in [5.74, 6) is 0.683. The molecular formula is C23H30N2O4. The maximum atomic E-state index is 12.6. The SMILES string of the molecule is CCCN(Cc1ccccc1)C(=O)CNC(=O)c1ccc(OCC)c(OCC)c1. The van der Waals surface area contributed by atoms with Gasteiger partial charge in [0.2, 0.25) is 5.91 Å². The fraction of sp³-hybridized carbons (Fsp3) is 0.391. The molecule has 2 amide bonds. The Balaban J connectivity index is 2.00. The molecule has 0 radical (unpaired) electrons. The van der Waals surface area contributed by atoms with Gasteiger partial charge in [0.25, 0.3) is 5.91 Å². The molecule has 0 aliphatic heterocycles. The summed E-state index contributed by atoms with van der Waals surface area (Å²) >= 11 is 0. The van der Waals surface area contributed by atoms with E-state index in [0.717, 1.165) is 12.0 Å². The molecule has 0 spiro atoms. The minimum absolute atomic E-state index is 0.0527. The van der Waals surface area contributed by atoms with Crippen LogP contribution in [0, 0.1) is 0 Å². The Labute approximate surface area is 172 Å². The molecule has 0 fully saturated rings. The van der Waals surface area contributed by atoms with Crippen molar-refractivity contribution < 1.29 is 19.1 Å². The molecule has 0 bridgehead atoms. The number of hydrogen-bond acceptors (Lipinski definition) is 4. The summed E-state index contributed by atoms with van der Waals surface area (Å²) in [6.45, 7) is 7.88. The largest absolute Gasteiger partial charge is 0.490 e. The molecule has 1 N–H and O–H groups in total. The first-order valence-corrected chi connectivity index (χ1v) is 10.1. The molecule has 2 aromatic rings. The number of carbonyl (C=O) groups is 2. The van der Waals surface area contributed by atoms with E-state index in [-0.39, 0.29) is 18.4 Å². The molecule has 0 aliphatic rings. The van der Waals surface area contributed by atoms with E-state index in [0.29, 0.717) is 43.4 Å². The molecule has 0 atom stereocenters. The van der Waals surface area contributed by atoms with Crippen molar-refractivity contribution in [1.82, 2.24) is 10.2 Å². The van der Waals surface area contributed by atoms with Gasteiger partial charge in [0.15, 0.2) is 11.5 Å². The van der Waals surface area contributed by atoms with Crippen molar-refractivity contribution in [3.05, 3.63) is 59.7 Å². The molecule has 0 saturated carbocycles. The first-order valence-electron chi connectivity index (χ1n) is 10.1. The number of benzene rings is 2. The van der Waals surface area contributed by atoms with Gasteiger partial charge in [-0.05, 0) is 44.0 Å². The quantitative estimate of drug-likeness (QED) is 0.627. The number of rotatable bonds is 11. The maximum absolute atomic E-state index is 12.6. The van der Waals surface area contributed by atoms with Crippen LogP contribution in [-0.4, -0.2) is 43.0 Å². The zero-order valence-corrected chi connectivity index (χ0v) is 17.4. The van der Waals surface area contributed by atoms with Gasteiger partial charge in [0.1, 0.15) is 0 Å². The van der Waals surface area contributed by atoms with Crippen molar-refractivity contribution >= 4 is 11.8 Å². The van der Waals surface area contributed by atoms with Crippen molar-refractivity contribution in [1.29, 1.82) is 0 Å². The van der Waals surface area contributed by atoms with Crippen LogP contribution in [0.3, 0.4) is 0 Å². The predicted octanol–water partition coefficient (Wildman–Crippen LogP) is 3.65. The van der Waals surface area contributed by atoms with Crippen LogP contribution in [-0.2, 0) is 11.3 Å². The third-order valence-electron chi connectivity index (χ3n) is 4.27. The number of nitrogens with one attached hydrogen (secondary N) is 1. The summed E-state index contributed by atoms with van der Waals surface area (Å²) in [6, 6.07) is 14.9. The maximum Gasteiger partial charge on any atom is 0.251 e. The molecule has 156 valence electrons. The Hall–Kier alpha value is -3.02. The minimum Gasteiger partial charge on any atom is -0.490 e. The van der Waals surface area contributed by atoms with Crippen molar-refractivity contribution in [3.8, 4) is 11.5 Å². The van der Waals surface area contributed by atoms with Crippen LogP contribution >= 0.6 is 0 Å². The lowest BCUT2D eigenvalue weighted by molar-refractivity contribution is -0.130. The normalized spacial score (nSPS) is 10.3. The Morgan fingerprint density at radius 2 is 1.62 bits per heavy atom. The fourth-order valence-corrected chi connectivity index (χ4v) is 2.93. The summed E-state index contributed by atoms with van der Waals surface area (Å²) in [6.07, 6.45) is 0.850. The molecule has 2 aromatic carbocycles. The molecule has 29 heavy (non-hydrogen) atoms. The van der Waals surface area contributed by atoms with Crippen molar-refractivity contribution in [2.75, 3.05) is 26.3 Å². The van der Waals surface area contributed by atoms with Gasteiger partial charge in [-0.3, -0.25) is 9.59 Å². The van der Waals surface area contributed by atoms with Crippen LogP contribution in [0.5, 0.6) is 11.5 Å². The molecule has 0 unspecified atom stereocenters. The number of hydrogen-bond donors (Lipinski definition) is 1. The number of nitrogens with zero attached hydrogens (tertiary/aromatic N) is 1. The van der Waals surface area contributed by atoms with Gasteiger partial charge in [0, 0.05) is 18.7 Å². The molecular weight excluding hydrogens is 368 g/mol. The Morgan fingerprint density at radius 1 is 0.931 bits per heavy atom. The van der Waals surface area contributed by atoms with Crippen LogP contribution in [0.25, 0.3) is 0 Å². The van der Waals surface area contributed by atoms with Crippen molar-refractivity contribution in [2.45, 2.75) is 33.7 Å². The van der Waals surface area contributed by atoms with Gasteiger partial charge in [-0.25, -0.2) is 0 Å². The highest BCUT2D eigenvalue weighted by Crippen LogP contribution is 2.28. The molecule has 2 rings (SSSR count). The molecule has 0 heterocycles. The zero-order valence-electron chi connectivity index (χ0n) is 17.4. The first-order chi connectivity index (χ1) is 14.1. The lowest BCUT2D eigenvalue weighted by Gasteiger charge is -2.22. The zero-order chi connectivity index (χ0) is 21.1. The highest BCUT2D eigenvalue weighted by molar-refractivity contribution is 5.97. The van der Waals surface area contributed by atoms with E-state index in [2.05, 4.69) is 5.32 Å². The second-order valence-electron chi connectivity index (χ2n) is 6.51. The summed E-state index contributed by atoms with van der Waals surface area (Å²) in [4.78, 5) is 26.9. The van der Waals surface area contributed by atoms with Crippen molar-refractivity contribution in [3.63, 3.8) is 0 Å². The van der Waals surface area contributed by atoms with Gasteiger partial charge in [-0.1, -0.05) is 37.3 Å². The van der Waals surface area contributed by atoms with E-state index < -0.39 is 0 Å². The topological polar surface area (TPSA) is 67.9 Å². The van der Waals surface area contributed by atoms with Crippen LogP contribution in [0.4, 0.5) is 0 Å². The molecule has 0 aromatic heterocycles. The number of carbonyl (C=O) groups excluding carboxylic acids is 2. The van der Waals surface area contributed by atoms with Gasteiger partial charge in [-0.15, -0.1) is 0 Å². The van der Waals surface area contributed by atoms with Gasteiger partial charge in [-0.2, -0.15) is 0 Å². The van der Waals surface area contributed by atoms with Gasteiger partial charge < -0.3 is 19.7 Å². The van der Waals surface area contributed by atoms with E-state index in [4.69, 9.17) is 9.47 Å². The summed E-state index contributed by atoms with van der Waals surface area (Å²) in [5.41, 5.74) is 1.49. The lowest BCUT2D eigenvalue weighted by atomic mass is 10.2. The van der Waals surface area contributed by atoms with E-state index >= 15 is 0 Å². The molecule has 0 saturated heterocycles. The van der Waals surface area contributed by atoms with E-state index in [1.807, 2.05) is 51.1 Å². The van der Waals surface area contributed by atoms with Crippen LogP contribution < -0.4 is 14.8 Å². The molecule has 6 nitrogen and oxygen atoms in total. The van der Waals surface area contributed by atoms with Gasteiger partial charge in [0.05, 0.1) is 19.8 Å². The molecule has 0 aliphatic carbocycles. The van der Waals surface area contributed by atoms with Crippen molar-refractivity contribution in [2.24, 2.45) is 0 Å². The first kappa shape index (κ1) is 22.3. The average molecular weight is 399 g/mol. The number of ether oxygens (including phenoxy) is 2. The van der Waals surface area contributed by atoms with E-state index in [1.54, 1.807) is 23.1 Å². The predicted molar refractivity (Wildman–Crippen MR) is 113 cm³/mol. The monoisotopic (exact) mass is 398 g/mol. The second kappa shape index (κ2) is 11.7. The third-order valence-corrected chi connectivity index (χ3v) is 4.27. The standard InChI is InChI=1S/C23H30N2O4/c1-4-14-25(17-18-10-8-7-9-11-18)22(26)16-24-23(27)19-12-13-20(28-5-2)21(15-19)29-6-3/h7-13,15H,4-6,14,16-17H2,1-3H3,(H,24,27). The average Bonchev–Trinajstić information content (AvgIpc) is 2.73. The number of amides is 2. The summed E-state index contributed by atoms with van der Waals surface area (Å²) in [7, 11) is 0. The van der Waals surface area contributed by atoms with Gasteiger partial charge >= 0.3 is 0 Å². The summed E-state index contributed by atoms with van der Waals surface area (Å²) < 4.78 is 11.1. The Morgan fingerprint density at radius 3 is 2.28 bits per heavy atom. The van der Waals surface area contributed by atoms with E-state index in [9.17, 15) is 9.59 Å². The lowest BCUT2D eigenvalue weighted by Crippen LogP contribution is -2.40. The smallest absolute Gasteiger partial charge is 0.251 e. The molecule has 6 heteroatoms. The highest BCUT2D eigenvalue weighted by atomic mass is 16.5. The summed E-state index contributed by atoms with van der Waals surface area (Å²) in [5, 5.41) is 2.72. The Bertz CT molecular complexity index is 793. The Kier molecular flexibility index (Phi) is 9.02. The highest BCUT2D eigenvalue weighted by Gasteiger charge is 2.16. The second-order valence-corrected chi connectivity index (χ2v) is 6.51. The van der Waals surface area contributed by atoms with Crippen LogP contribution in [0.1, 0.15) is 43.1 Å². The van der Waals surface area contributed by atoms with Crippen LogP contribution in [0.15, 0.2) is 48.5 Å². The minimum atomic E-state index is -0.321. The third kappa shape index (κ3) is 6.82. The fourth-order valence-electron chi connectivity index (χ4n) is 2.93. The van der Waals surface area contributed by atoms with E-state index in [1.165, 1.54) is 0 Å².